The van der Waals surface area contributed by atoms with Crippen LogP contribution in [-0.2, 0) is 6.54 Å². The molecule has 0 unspecified atom stereocenters. The van der Waals surface area contributed by atoms with Crippen LogP contribution < -0.4 is 0 Å². The summed E-state index contributed by atoms with van der Waals surface area (Å²) in [5.41, 5.74) is 1.15. The van der Waals surface area contributed by atoms with Gasteiger partial charge in [-0.3, -0.25) is 0 Å². The van der Waals surface area contributed by atoms with E-state index in [1.165, 1.54) is 0 Å². The van der Waals surface area contributed by atoms with E-state index in [0.29, 0.717) is 6.54 Å². The number of hydrogen-bond donors (Lipinski definition) is 0. The van der Waals surface area contributed by atoms with Gasteiger partial charge in [0.25, 0.3) is 0 Å². The van der Waals surface area contributed by atoms with E-state index in [1.807, 2.05) is 11.0 Å². The van der Waals surface area contributed by atoms with E-state index in [1.54, 1.807) is 0 Å². The van der Waals surface area contributed by atoms with Crippen LogP contribution in [0.4, 0.5) is 0 Å². The third-order valence-electron chi connectivity index (χ3n) is 3.08. The standard InChI is InChI=1S/C16H22Br2N2/c1-15(2,3)10-16(4,5)20(11-19)9-12-6-13(17)8-14(18)7-12/h6-8H,9-10H2,1-5H3. The average molecular weight is 402 g/mol. The summed E-state index contributed by atoms with van der Waals surface area (Å²) in [6.07, 6.45) is 3.32. The molecule has 2 nitrogen and oxygen atoms in total. The Morgan fingerprint density at radius 2 is 1.55 bits per heavy atom. The molecule has 1 aromatic carbocycles. The summed E-state index contributed by atoms with van der Waals surface area (Å²) in [7, 11) is 0. The fourth-order valence-corrected chi connectivity index (χ4v) is 4.05. The minimum atomic E-state index is -0.165. The monoisotopic (exact) mass is 400 g/mol. The van der Waals surface area contributed by atoms with Gasteiger partial charge < -0.3 is 4.90 Å². The Bertz CT molecular complexity index is 490. The fraction of sp³-hybridized carbons (Fsp3) is 0.562. The molecule has 0 radical (unpaired) electrons. The first-order valence-electron chi connectivity index (χ1n) is 6.66. The molecule has 0 N–H and O–H groups in total. The van der Waals surface area contributed by atoms with Gasteiger partial charge in [0.2, 0.25) is 0 Å². The molecule has 0 aliphatic rings. The van der Waals surface area contributed by atoms with E-state index < -0.39 is 0 Å². The molecule has 0 heterocycles. The lowest BCUT2D eigenvalue weighted by molar-refractivity contribution is 0.126. The number of benzene rings is 1. The highest BCUT2D eigenvalue weighted by Gasteiger charge is 2.31. The van der Waals surface area contributed by atoms with E-state index in [0.717, 1.165) is 20.9 Å². The maximum absolute atomic E-state index is 9.51. The third kappa shape index (κ3) is 5.46. The first-order valence-corrected chi connectivity index (χ1v) is 8.24. The van der Waals surface area contributed by atoms with Crippen LogP contribution in [0.5, 0.6) is 0 Å². The van der Waals surface area contributed by atoms with E-state index >= 15 is 0 Å². The topological polar surface area (TPSA) is 27.0 Å². The molecular formula is C16H22Br2N2. The highest BCUT2D eigenvalue weighted by atomic mass is 79.9. The fourth-order valence-electron chi connectivity index (χ4n) is 2.66. The van der Waals surface area contributed by atoms with Crippen LogP contribution in [-0.4, -0.2) is 10.4 Å². The molecule has 0 aliphatic carbocycles. The number of nitrogens with zero attached hydrogens (tertiary/aromatic N) is 2. The second-order valence-corrected chi connectivity index (χ2v) is 8.85. The van der Waals surface area contributed by atoms with Gasteiger partial charge >= 0.3 is 0 Å². The second kappa shape index (κ2) is 6.49. The summed E-state index contributed by atoms with van der Waals surface area (Å²) in [5.74, 6) is 0. The van der Waals surface area contributed by atoms with Crippen molar-refractivity contribution in [1.82, 2.24) is 4.90 Å². The minimum Gasteiger partial charge on any atom is -0.301 e. The lowest BCUT2D eigenvalue weighted by Crippen LogP contribution is -2.43. The average Bonchev–Trinajstić information content (AvgIpc) is 2.20. The van der Waals surface area contributed by atoms with Gasteiger partial charge in [-0.2, -0.15) is 5.26 Å². The highest BCUT2D eigenvalue weighted by Crippen LogP contribution is 2.32. The molecule has 0 amide bonds. The summed E-state index contributed by atoms with van der Waals surface area (Å²) < 4.78 is 2.04. The first-order chi connectivity index (χ1) is 9.03. The molecule has 20 heavy (non-hydrogen) atoms. The van der Waals surface area contributed by atoms with Crippen LogP contribution in [0.1, 0.15) is 46.6 Å². The zero-order valence-corrected chi connectivity index (χ0v) is 16.0. The van der Waals surface area contributed by atoms with Crippen molar-refractivity contribution in [2.24, 2.45) is 5.41 Å². The lowest BCUT2D eigenvalue weighted by atomic mass is 9.81. The Balaban J connectivity index is 2.94. The van der Waals surface area contributed by atoms with Crippen molar-refractivity contribution in [2.75, 3.05) is 0 Å². The van der Waals surface area contributed by atoms with Gasteiger partial charge in [-0.15, -0.1) is 0 Å². The number of rotatable bonds is 4. The van der Waals surface area contributed by atoms with Crippen LogP contribution in [0, 0.1) is 16.9 Å². The van der Waals surface area contributed by atoms with Crippen molar-refractivity contribution in [3.05, 3.63) is 32.7 Å². The van der Waals surface area contributed by atoms with Crippen molar-refractivity contribution >= 4 is 31.9 Å². The molecule has 1 aromatic rings. The van der Waals surface area contributed by atoms with Crippen molar-refractivity contribution in [2.45, 2.75) is 53.1 Å². The molecule has 1 rings (SSSR count). The van der Waals surface area contributed by atoms with Crippen LogP contribution in [0.15, 0.2) is 27.1 Å². The zero-order valence-electron chi connectivity index (χ0n) is 12.8. The van der Waals surface area contributed by atoms with Gasteiger partial charge in [-0.1, -0.05) is 52.6 Å². The normalized spacial score (nSPS) is 12.1. The van der Waals surface area contributed by atoms with Gasteiger partial charge in [0.05, 0.1) is 6.54 Å². The predicted octanol–water partition coefficient (Wildman–Crippen LogP) is 5.71. The van der Waals surface area contributed by atoms with E-state index in [-0.39, 0.29) is 11.0 Å². The molecule has 0 saturated carbocycles. The Labute approximate surface area is 139 Å². The Morgan fingerprint density at radius 3 is 1.95 bits per heavy atom. The first kappa shape index (κ1) is 17.5. The van der Waals surface area contributed by atoms with Gasteiger partial charge in [-0.05, 0) is 49.4 Å². The predicted molar refractivity (Wildman–Crippen MR) is 91.1 cm³/mol. The van der Waals surface area contributed by atoms with Crippen LogP contribution in [0.3, 0.4) is 0 Å². The smallest absolute Gasteiger partial charge is 0.180 e. The molecule has 4 heteroatoms. The van der Waals surface area contributed by atoms with Gasteiger partial charge in [-0.25, -0.2) is 0 Å². The Hall–Kier alpha value is -0.530. The Morgan fingerprint density at radius 1 is 1.05 bits per heavy atom. The largest absolute Gasteiger partial charge is 0.301 e. The molecule has 0 bridgehead atoms. The number of halogens is 2. The molecule has 0 fully saturated rings. The zero-order chi connectivity index (χ0) is 15.6. The quantitative estimate of drug-likeness (QED) is 0.477. The summed E-state index contributed by atoms with van der Waals surface area (Å²) in [5, 5.41) is 9.51. The lowest BCUT2D eigenvalue weighted by Gasteiger charge is -2.39. The molecule has 0 aromatic heterocycles. The van der Waals surface area contributed by atoms with Crippen molar-refractivity contribution in [3.63, 3.8) is 0 Å². The molecule has 110 valence electrons. The molecule has 0 spiro atoms. The SMILES string of the molecule is CC(C)(C)CC(C)(C)N(C#N)Cc1cc(Br)cc(Br)c1. The maximum atomic E-state index is 9.51. The molecule has 0 aliphatic heterocycles. The van der Waals surface area contributed by atoms with Gasteiger partial charge in [0.15, 0.2) is 6.19 Å². The van der Waals surface area contributed by atoms with Crippen LogP contribution in [0.25, 0.3) is 0 Å². The van der Waals surface area contributed by atoms with Gasteiger partial charge in [0.1, 0.15) is 0 Å². The summed E-state index contributed by atoms with van der Waals surface area (Å²) >= 11 is 6.99. The maximum Gasteiger partial charge on any atom is 0.180 e. The molecule has 0 saturated heterocycles. The van der Waals surface area contributed by atoms with Crippen LogP contribution in [0.2, 0.25) is 0 Å². The second-order valence-electron chi connectivity index (χ2n) is 7.01. The molecule has 0 atom stereocenters. The summed E-state index contributed by atoms with van der Waals surface area (Å²) in [6, 6.07) is 6.12. The van der Waals surface area contributed by atoms with E-state index in [2.05, 4.69) is 84.8 Å². The van der Waals surface area contributed by atoms with E-state index in [9.17, 15) is 5.26 Å². The summed E-state index contributed by atoms with van der Waals surface area (Å²) in [4.78, 5) is 1.87. The Kier molecular flexibility index (Phi) is 5.69. The van der Waals surface area contributed by atoms with E-state index in [4.69, 9.17) is 0 Å². The summed E-state index contributed by atoms with van der Waals surface area (Å²) in [6.45, 7) is 11.5. The molecular weight excluding hydrogens is 380 g/mol. The third-order valence-corrected chi connectivity index (χ3v) is 3.99. The highest BCUT2D eigenvalue weighted by molar-refractivity contribution is 9.11. The van der Waals surface area contributed by atoms with Crippen molar-refractivity contribution < 1.29 is 0 Å². The van der Waals surface area contributed by atoms with Crippen molar-refractivity contribution in [1.29, 1.82) is 5.26 Å². The number of hydrogen-bond acceptors (Lipinski definition) is 2. The van der Waals surface area contributed by atoms with Gasteiger partial charge in [0, 0.05) is 14.5 Å². The van der Waals surface area contributed by atoms with Crippen molar-refractivity contribution in [3.8, 4) is 6.19 Å². The number of nitriles is 1. The van der Waals surface area contributed by atoms with Crippen LogP contribution >= 0.6 is 31.9 Å². The minimum absolute atomic E-state index is 0.165.